The van der Waals surface area contributed by atoms with Crippen LogP contribution in [-0.2, 0) is 14.3 Å². The molecule has 0 aromatic carbocycles. The molecule has 0 amide bonds. The quantitative estimate of drug-likeness (QED) is 0.188. The Hall–Kier alpha value is -1.53. The summed E-state index contributed by atoms with van der Waals surface area (Å²) in [6.45, 7) is 2.01. The molecule has 0 spiro atoms. The Morgan fingerprint density at radius 2 is 1.31 bits per heavy atom. The first-order valence-corrected chi connectivity index (χ1v) is 6.72. The molecule has 0 atom stereocenters. The standard InChI is InChI=1S/C9H11F5O2.C3ClF5O/c1-2-3-5-16-6-4-7(15)8(10,11)9(12,13)14;4-1(10)2(5,6)3(7,8)9/h4,6H,2-3,5H2,1H3;. The second-order valence-electron chi connectivity index (χ2n) is 4.31. The highest BCUT2D eigenvalue weighted by Gasteiger charge is 2.63. The van der Waals surface area contributed by atoms with Crippen molar-refractivity contribution >= 4 is 22.6 Å². The Morgan fingerprint density at radius 3 is 1.58 bits per heavy atom. The van der Waals surface area contributed by atoms with Crippen molar-refractivity contribution in [3.05, 3.63) is 12.3 Å². The van der Waals surface area contributed by atoms with Gasteiger partial charge < -0.3 is 4.74 Å². The number of hydrogen-bond acceptors (Lipinski definition) is 3. The molecule has 0 N–H and O–H groups in total. The average molecular weight is 429 g/mol. The van der Waals surface area contributed by atoms with Crippen LogP contribution in [0, 0.1) is 0 Å². The molecule has 0 bridgehead atoms. The minimum atomic E-state index is -5.90. The van der Waals surface area contributed by atoms with Crippen molar-refractivity contribution in [3.63, 3.8) is 0 Å². The molecular weight excluding hydrogens is 418 g/mol. The minimum absolute atomic E-state index is 0.0865. The van der Waals surface area contributed by atoms with Crippen molar-refractivity contribution in [3.8, 4) is 0 Å². The molecule has 0 aliphatic heterocycles. The summed E-state index contributed by atoms with van der Waals surface area (Å²) >= 11 is 3.95. The first kappa shape index (κ1) is 26.7. The molecule has 3 nitrogen and oxygen atoms in total. The maximum atomic E-state index is 12.3. The molecule has 14 heteroatoms. The zero-order chi connectivity index (χ0) is 21.4. The lowest BCUT2D eigenvalue weighted by molar-refractivity contribution is -0.266. The van der Waals surface area contributed by atoms with E-state index >= 15 is 0 Å². The topological polar surface area (TPSA) is 43.4 Å². The number of rotatable bonds is 7. The van der Waals surface area contributed by atoms with Gasteiger partial charge in [0.05, 0.1) is 12.9 Å². The highest BCUT2D eigenvalue weighted by molar-refractivity contribution is 6.65. The summed E-state index contributed by atoms with van der Waals surface area (Å²) in [6.07, 6.45) is -9.74. The summed E-state index contributed by atoms with van der Waals surface area (Å²) in [4.78, 5) is 19.9. The van der Waals surface area contributed by atoms with Gasteiger partial charge in [-0.3, -0.25) is 9.59 Å². The van der Waals surface area contributed by atoms with Gasteiger partial charge in [-0.05, 0) is 18.0 Å². The van der Waals surface area contributed by atoms with E-state index in [-0.39, 0.29) is 12.7 Å². The van der Waals surface area contributed by atoms with Gasteiger partial charge in [0.15, 0.2) is 0 Å². The Labute approximate surface area is 144 Å². The Balaban J connectivity index is 0. The third-order valence-corrected chi connectivity index (χ3v) is 2.44. The van der Waals surface area contributed by atoms with Crippen molar-refractivity contribution in [2.24, 2.45) is 0 Å². The van der Waals surface area contributed by atoms with Gasteiger partial charge in [-0.25, -0.2) is 0 Å². The van der Waals surface area contributed by atoms with Crippen LogP contribution in [0.15, 0.2) is 12.3 Å². The maximum Gasteiger partial charge on any atom is 0.462 e. The predicted octanol–water partition coefficient (Wildman–Crippen LogP) is 5.03. The molecule has 0 fully saturated rings. The number of allylic oxidation sites excluding steroid dienone is 1. The number of ketones is 1. The van der Waals surface area contributed by atoms with Crippen LogP contribution in [0.5, 0.6) is 0 Å². The summed E-state index contributed by atoms with van der Waals surface area (Å²) in [5, 5.41) is -2.72. The van der Waals surface area contributed by atoms with Crippen LogP contribution in [0.25, 0.3) is 0 Å². The van der Waals surface area contributed by atoms with Crippen LogP contribution in [0.4, 0.5) is 43.9 Å². The van der Waals surface area contributed by atoms with Gasteiger partial charge in [0, 0.05) is 6.08 Å². The Morgan fingerprint density at radius 1 is 0.885 bits per heavy atom. The first-order chi connectivity index (χ1) is 11.4. The van der Waals surface area contributed by atoms with Gasteiger partial charge in [-0.15, -0.1) is 0 Å². The van der Waals surface area contributed by atoms with E-state index in [1.807, 2.05) is 6.92 Å². The number of ether oxygens (including phenoxy) is 1. The SMILES string of the molecule is CCCCOC=CC(=O)C(F)(F)C(F)(F)F.O=C(Cl)C(F)(F)C(F)(F)F. The molecule has 0 radical (unpaired) electrons. The second kappa shape index (κ2) is 9.97. The summed E-state index contributed by atoms with van der Waals surface area (Å²) in [7, 11) is 0. The van der Waals surface area contributed by atoms with E-state index in [0.29, 0.717) is 12.7 Å². The summed E-state index contributed by atoms with van der Waals surface area (Å²) < 4.78 is 120. The fourth-order valence-corrected chi connectivity index (χ4v) is 0.869. The van der Waals surface area contributed by atoms with Crippen molar-refractivity contribution in [2.45, 2.75) is 44.0 Å². The molecule has 0 rings (SSSR count). The maximum absolute atomic E-state index is 12.3. The Bertz CT molecular complexity index is 496. The smallest absolute Gasteiger partial charge is 0.462 e. The number of carbonyl (C=O) groups excluding carboxylic acids is 2. The van der Waals surface area contributed by atoms with E-state index in [1.165, 1.54) is 0 Å². The van der Waals surface area contributed by atoms with Gasteiger partial charge in [0.25, 0.3) is 0 Å². The molecule has 26 heavy (non-hydrogen) atoms. The third-order valence-electron chi connectivity index (χ3n) is 2.20. The van der Waals surface area contributed by atoms with Gasteiger partial charge in [-0.2, -0.15) is 43.9 Å². The molecular formula is C12H11ClF10O3. The third kappa shape index (κ3) is 8.23. The number of unbranched alkanes of at least 4 members (excludes halogenated alkanes) is 1. The van der Waals surface area contributed by atoms with E-state index in [1.54, 1.807) is 0 Å². The largest absolute Gasteiger partial charge is 0.501 e. The van der Waals surface area contributed by atoms with Gasteiger partial charge in [-0.1, -0.05) is 13.3 Å². The van der Waals surface area contributed by atoms with Crippen LogP contribution < -0.4 is 0 Å². The lowest BCUT2D eigenvalue weighted by Gasteiger charge is -2.15. The summed E-state index contributed by atoms with van der Waals surface area (Å²) in [6, 6.07) is 0. The average Bonchev–Trinajstić information content (AvgIpc) is 2.44. The monoisotopic (exact) mass is 428 g/mol. The zero-order valence-electron chi connectivity index (χ0n) is 12.7. The number of alkyl halides is 10. The van der Waals surface area contributed by atoms with Crippen LogP contribution >= 0.6 is 11.6 Å². The van der Waals surface area contributed by atoms with Gasteiger partial charge >= 0.3 is 29.4 Å². The van der Waals surface area contributed by atoms with Crippen molar-refractivity contribution < 1.29 is 58.2 Å². The van der Waals surface area contributed by atoms with Crippen molar-refractivity contribution in [1.29, 1.82) is 0 Å². The van der Waals surface area contributed by atoms with Crippen LogP contribution in [0.1, 0.15) is 19.8 Å². The molecule has 0 heterocycles. The molecule has 0 aliphatic rings. The molecule has 0 aromatic rings. The van der Waals surface area contributed by atoms with Crippen molar-refractivity contribution in [1.82, 2.24) is 0 Å². The van der Waals surface area contributed by atoms with E-state index in [9.17, 15) is 53.5 Å². The fourth-order valence-electron chi connectivity index (χ4n) is 0.761. The molecule has 0 saturated carbocycles. The number of hydrogen-bond donors (Lipinski definition) is 0. The zero-order valence-corrected chi connectivity index (χ0v) is 13.4. The second-order valence-corrected chi connectivity index (χ2v) is 4.65. The highest BCUT2D eigenvalue weighted by atomic mass is 35.5. The molecule has 0 aliphatic carbocycles. The van der Waals surface area contributed by atoms with E-state index in [0.717, 1.165) is 6.42 Å². The van der Waals surface area contributed by atoms with E-state index < -0.39 is 35.2 Å². The highest BCUT2D eigenvalue weighted by Crippen LogP contribution is 2.37. The van der Waals surface area contributed by atoms with Gasteiger partial charge in [0.1, 0.15) is 0 Å². The summed E-state index contributed by atoms with van der Waals surface area (Å²) in [5.41, 5.74) is 0. The first-order valence-electron chi connectivity index (χ1n) is 6.34. The lowest BCUT2D eigenvalue weighted by atomic mass is 10.2. The van der Waals surface area contributed by atoms with Gasteiger partial charge in [0.2, 0.25) is 5.78 Å². The minimum Gasteiger partial charge on any atom is -0.501 e. The predicted molar refractivity (Wildman–Crippen MR) is 67.9 cm³/mol. The molecule has 0 saturated heterocycles. The normalized spacial score (nSPS) is 13.2. The van der Waals surface area contributed by atoms with Crippen LogP contribution in [0.2, 0.25) is 0 Å². The molecule has 0 aromatic heterocycles. The van der Waals surface area contributed by atoms with Crippen molar-refractivity contribution in [2.75, 3.05) is 6.61 Å². The van der Waals surface area contributed by atoms with Crippen LogP contribution in [-0.4, -0.2) is 41.8 Å². The Kier molecular flexibility index (Phi) is 10.2. The molecule has 154 valence electrons. The fraction of sp³-hybridized carbons (Fsp3) is 0.667. The number of carbonyl (C=O) groups is 2. The van der Waals surface area contributed by atoms with E-state index in [2.05, 4.69) is 16.3 Å². The molecule has 0 unspecified atom stereocenters. The van der Waals surface area contributed by atoms with E-state index in [4.69, 9.17) is 0 Å². The summed E-state index contributed by atoms with van der Waals surface area (Å²) in [5.74, 6) is -13.1. The lowest BCUT2D eigenvalue weighted by Crippen LogP contribution is -2.43. The number of halogens is 11. The van der Waals surface area contributed by atoms with Crippen LogP contribution in [0.3, 0.4) is 0 Å².